The molecule has 15 heavy (non-hydrogen) atoms. The second kappa shape index (κ2) is 3.31. The maximum atomic E-state index is 4.54. The number of nitrogens with zero attached hydrogens (tertiary/aromatic N) is 3. The van der Waals surface area contributed by atoms with E-state index < -0.39 is 0 Å². The highest BCUT2D eigenvalue weighted by Gasteiger charge is 2.27. The van der Waals surface area contributed by atoms with E-state index in [9.17, 15) is 0 Å². The molecular weight excluding hydrogens is 188 g/mol. The summed E-state index contributed by atoms with van der Waals surface area (Å²) in [5.74, 6) is 1.63. The lowest BCUT2D eigenvalue weighted by molar-refractivity contribution is 0.811. The number of pyridine rings is 1. The number of aromatic nitrogens is 3. The van der Waals surface area contributed by atoms with E-state index in [0.717, 1.165) is 18.0 Å². The van der Waals surface area contributed by atoms with Gasteiger partial charge in [-0.05, 0) is 37.6 Å². The first kappa shape index (κ1) is 8.85. The second-order valence-corrected chi connectivity index (χ2v) is 4.11. The third kappa shape index (κ3) is 1.61. The molecule has 0 bridgehead atoms. The molecule has 0 atom stereocenters. The van der Waals surface area contributed by atoms with Gasteiger partial charge < -0.3 is 5.32 Å². The number of hydrogen-bond donors (Lipinski definition) is 1. The molecule has 2 aromatic rings. The van der Waals surface area contributed by atoms with Gasteiger partial charge in [-0.15, -0.1) is 0 Å². The Morgan fingerprint density at radius 2 is 2.40 bits per heavy atom. The quantitative estimate of drug-likeness (QED) is 0.816. The molecule has 78 valence electrons. The summed E-state index contributed by atoms with van der Waals surface area (Å²) in [6, 6.07) is 4.17. The summed E-state index contributed by atoms with van der Waals surface area (Å²) < 4.78 is 1.87. The van der Waals surface area contributed by atoms with E-state index in [1.165, 1.54) is 18.4 Å². The van der Waals surface area contributed by atoms with Crippen molar-refractivity contribution in [3.8, 4) is 0 Å². The fourth-order valence-corrected chi connectivity index (χ4v) is 1.77. The molecule has 0 aliphatic heterocycles. The summed E-state index contributed by atoms with van der Waals surface area (Å²) in [6.45, 7) is 0.877. The minimum absolute atomic E-state index is 0.623. The van der Waals surface area contributed by atoms with E-state index >= 15 is 0 Å². The molecule has 3 rings (SSSR count). The van der Waals surface area contributed by atoms with Crippen LogP contribution in [0, 0.1) is 0 Å². The fourth-order valence-electron chi connectivity index (χ4n) is 1.77. The Balaban J connectivity index is 2.02. The molecule has 4 heteroatoms. The van der Waals surface area contributed by atoms with Crippen LogP contribution in [-0.4, -0.2) is 21.6 Å². The van der Waals surface area contributed by atoms with E-state index in [1.54, 1.807) is 0 Å². The van der Waals surface area contributed by atoms with Gasteiger partial charge in [0, 0.05) is 18.7 Å². The molecule has 0 saturated heterocycles. The summed E-state index contributed by atoms with van der Waals surface area (Å²) >= 11 is 0. The normalized spacial score (nSPS) is 16.1. The Morgan fingerprint density at radius 1 is 1.53 bits per heavy atom. The van der Waals surface area contributed by atoms with Crippen LogP contribution in [0.15, 0.2) is 18.3 Å². The van der Waals surface area contributed by atoms with E-state index in [-0.39, 0.29) is 0 Å². The summed E-state index contributed by atoms with van der Waals surface area (Å²) in [6.07, 6.45) is 4.49. The summed E-state index contributed by atoms with van der Waals surface area (Å²) in [4.78, 5) is 4.54. The predicted octanol–water partition coefficient (Wildman–Crippen LogP) is 1.33. The van der Waals surface area contributed by atoms with E-state index in [0.29, 0.717) is 5.92 Å². The van der Waals surface area contributed by atoms with Crippen LogP contribution in [0.1, 0.15) is 30.1 Å². The highest BCUT2D eigenvalue weighted by Crippen LogP contribution is 2.38. The number of nitrogens with one attached hydrogen (secondary N) is 1. The van der Waals surface area contributed by atoms with E-state index in [2.05, 4.69) is 27.5 Å². The van der Waals surface area contributed by atoms with Crippen molar-refractivity contribution in [2.45, 2.75) is 25.3 Å². The van der Waals surface area contributed by atoms with Crippen molar-refractivity contribution in [3.05, 3.63) is 29.7 Å². The van der Waals surface area contributed by atoms with Crippen LogP contribution in [0.25, 0.3) is 5.65 Å². The molecule has 0 aromatic carbocycles. The molecule has 4 nitrogen and oxygen atoms in total. The predicted molar refractivity (Wildman–Crippen MR) is 57.7 cm³/mol. The van der Waals surface area contributed by atoms with Crippen LogP contribution in [0.5, 0.6) is 0 Å². The van der Waals surface area contributed by atoms with Crippen LogP contribution < -0.4 is 5.32 Å². The topological polar surface area (TPSA) is 42.2 Å². The van der Waals surface area contributed by atoms with Gasteiger partial charge in [0.1, 0.15) is 0 Å². The Labute approximate surface area is 88.3 Å². The number of fused-ring (bicyclic) bond motifs is 1. The minimum Gasteiger partial charge on any atom is -0.316 e. The Kier molecular flexibility index (Phi) is 1.95. The van der Waals surface area contributed by atoms with Crippen LogP contribution in [0.4, 0.5) is 0 Å². The molecule has 1 aliphatic carbocycles. The van der Waals surface area contributed by atoms with Crippen molar-refractivity contribution in [2.24, 2.45) is 0 Å². The van der Waals surface area contributed by atoms with Crippen LogP contribution >= 0.6 is 0 Å². The minimum atomic E-state index is 0.623. The Hall–Kier alpha value is -1.42. The number of rotatable bonds is 3. The molecule has 0 spiro atoms. The van der Waals surface area contributed by atoms with Crippen molar-refractivity contribution in [2.75, 3.05) is 7.05 Å². The molecule has 0 amide bonds. The summed E-state index contributed by atoms with van der Waals surface area (Å²) in [7, 11) is 1.95. The lowest BCUT2D eigenvalue weighted by atomic mass is 10.2. The zero-order valence-corrected chi connectivity index (χ0v) is 8.77. The van der Waals surface area contributed by atoms with Gasteiger partial charge in [0.15, 0.2) is 11.5 Å². The van der Waals surface area contributed by atoms with Crippen LogP contribution in [-0.2, 0) is 6.54 Å². The first-order valence-corrected chi connectivity index (χ1v) is 5.36. The first-order chi connectivity index (χ1) is 7.36. The largest absolute Gasteiger partial charge is 0.316 e. The van der Waals surface area contributed by atoms with E-state index in [4.69, 9.17) is 0 Å². The van der Waals surface area contributed by atoms with Gasteiger partial charge in [-0.2, -0.15) is 5.10 Å². The van der Waals surface area contributed by atoms with Crippen molar-refractivity contribution >= 4 is 5.65 Å². The summed E-state index contributed by atoms with van der Waals surface area (Å²) in [5, 5.41) is 7.59. The van der Waals surface area contributed by atoms with Gasteiger partial charge in [0.25, 0.3) is 0 Å². The molecule has 1 saturated carbocycles. The standard InChI is InChI=1S/C11H14N4/c1-12-7-8-4-5-15-10(6-8)13-11(14-15)9-2-3-9/h4-6,9,12H,2-3,7H2,1H3. The lowest BCUT2D eigenvalue weighted by Gasteiger charge is -1.98. The highest BCUT2D eigenvalue weighted by molar-refractivity contribution is 5.41. The molecular formula is C11H14N4. The van der Waals surface area contributed by atoms with Crippen molar-refractivity contribution in [1.29, 1.82) is 0 Å². The molecule has 1 aliphatic rings. The van der Waals surface area contributed by atoms with Crippen LogP contribution in [0.3, 0.4) is 0 Å². The van der Waals surface area contributed by atoms with Gasteiger partial charge in [0.2, 0.25) is 0 Å². The molecule has 0 unspecified atom stereocenters. The Morgan fingerprint density at radius 3 is 3.13 bits per heavy atom. The average Bonchev–Trinajstić information content (AvgIpc) is 2.99. The van der Waals surface area contributed by atoms with Crippen molar-refractivity contribution < 1.29 is 0 Å². The van der Waals surface area contributed by atoms with Gasteiger partial charge in [-0.3, -0.25) is 0 Å². The SMILES string of the molecule is CNCc1ccn2nc(C3CC3)nc2c1. The summed E-state index contributed by atoms with van der Waals surface area (Å²) in [5.41, 5.74) is 2.21. The second-order valence-electron chi connectivity index (χ2n) is 4.11. The fraction of sp³-hybridized carbons (Fsp3) is 0.455. The van der Waals surface area contributed by atoms with Gasteiger partial charge in [-0.25, -0.2) is 9.50 Å². The average molecular weight is 202 g/mol. The van der Waals surface area contributed by atoms with Gasteiger partial charge in [0.05, 0.1) is 0 Å². The molecule has 0 radical (unpaired) electrons. The van der Waals surface area contributed by atoms with Gasteiger partial charge >= 0.3 is 0 Å². The zero-order valence-electron chi connectivity index (χ0n) is 8.77. The van der Waals surface area contributed by atoms with E-state index in [1.807, 2.05) is 17.8 Å². The molecule has 1 fully saturated rings. The lowest BCUT2D eigenvalue weighted by Crippen LogP contribution is -2.05. The third-order valence-electron chi connectivity index (χ3n) is 2.74. The van der Waals surface area contributed by atoms with Gasteiger partial charge in [-0.1, -0.05) is 0 Å². The van der Waals surface area contributed by atoms with Crippen LogP contribution in [0.2, 0.25) is 0 Å². The van der Waals surface area contributed by atoms with Crippen molar-refractivity contribution in [1.82, 2.24) is 19.9 Å². The maximum absolute atomic E-state index is 4.54. The molecule has 2 aromatic heterocycles. The maximum Gasteiger partial charge on any atom is 0.155 e. The first-order valence-electron chi connectivity index (χ1n) is 5.36. The third-order valence-corrected chi connectivity index (χ3v) is 2.74. The monoisotopic (exact) mass is 202 g/mol. The Bertz CT molecular complexity index is 484. The zero-order chi connectivity index (χ0) is 10.3. The van der Waals surface area contributed by atoms with Crippen molar-refractivity contribution in [3.63, 3.8) is 0 Å². The number of hydrogen-bond acceptors (Lipinski definition) is 3. The molecule has 2 heterocycles. The highest BCUT2D eigenvalue weighted by atomic mass is 15.3. The molecule has 1 N–H and O–H groups in total. The smallest absolute Gasteiger partial charge is 0.155 e.